The first kappa shape index (κ1) is 15.8. The minimum atomic E-state index is -4.49. The fourth-order valence-electron chi connectivity index (χ4n) is 2.45. The predicted octanol–water partition coefficient (Wildman–Crippen LogP) is 2.14. The summed E-state index contributed by atoms with van der Waals surface area (Å²) in [6, 6.07) is -0.625. The van der Waals surface area contributed by atoms with E-state index in [9.17, 15) is 22.8 Å². The standard InChI is InChI=1S/C12H18F3NO3/c1-6(2)16(5-12(13,14)15)9(17)7-8(10(18)19)11(7,3)4/h6-8H,5H2,1-4H3,(H,18,19). The largest absolute Gasteiger partial charge is 0.481 e. The molecule has 1 rings (SSSR count). The maximum absolute atomic E-state index is 12.4. The molecule has 1 aliphatic carbocycles. The van der Waals surface area contributed by atoms with Crippen LogP contribution >= 0.6 is 0 Å². The Bertz CT molecular complexity index is 390. The fourth-order valence-corrected chi connectivity index (χ4v) is 2.45. The van der Waals surface area contributed by atoms with Crippen LogP contribution in [-0.4, -0.2) is 40.6 Å². The smallest absolute Gasteiger partial charge is 0.406 e. The van der Waals surface area contributed by atoms with Crippen LogP contribution in [-0.2, 0) is 9.59 Å². The van der Waals surface area contributed by atoms with Crippen molar-refractivity contribution < 1.29 is 27.9 Å². The first-order valence-corrected chi connectivity index (χ1v) is 5.99. The average molecular weight is 281 g/mol. The molecule has 4 nitrogen and oxygen atoms in total. The molecule has 1 N–H and O–H groups in total. The van der Waals surface area contributed by atoms with Crippen molar-refractivity contribution in [1.82, 2.24) is 4.90 Å². The molecule has 110 valence electrons. The second-order valence-corrected chi connectivity index (χ2v) is 5.79. The van der Waals surface area contributed by atoms with E-state index in [4.69, 9.17) is 5.11 Å². The normalized spacial score (nSPS) is 25.3. The van der Waals surface area contributed by atoms with E-state index in [0.717, 1.165) is 0 Å². The van der Waals surface area contributed by atoms with Crippen molar-refractivity contribution in [3.05, 3.63) is 0 Å². The van der Waals surface area contributed by atoms with Crippen LogP contribution in [0.3, 0.4) is 0 Å². The summed E-state index contributed by atoms with van der Waals surface area (Å²) in [5, 5.41) is 8.97. The Morgan fingerprint density at radius 2 is 1.74 bits per heavy atom. The molecule has 7 heteroatoms. The van der Waals surface area contributed by atoms with Crippen molar-refractivity contribution in [2.75, 3.05) is 6.54 Å². The topological polar surface area (TPSA) is 57.6 Å². The maximum Gasteiger partial charge on any atom is 0.406 e. The van der Waals surface area contributed by atoms with Gasteiger partial charge in [0.2, 0.25) is 5.91 Å². The first-order valence-electron chi connectivity index (χ1n) is 5.99. The number of amides is 1. The highest BCUT2D eigenvalue weighted by Gasteiger charge is 2.67. The zero-order valence-electron chi connectivity index (χ0n) is 11.3. The number of aliphatic carboxylic acids is 1. The van der Waals surface area contributed by atoms with Gasteiger partial charge in [-0.1, -0.05) is 13.8 Å². The Morgan fingerprint density at radius 3 is 2.00 bits per heavy atom. The molecular formula is C12H18F3NO3. The highest BCUT2D eigenvalue weighted by Crippen LogP contribution is 2.59. The molecule has 19 heavy (non-hydrogen) atoms. The van der Waals surface area contributed by atoms with Gasteiger partial charge in [-0.05, 0) is 19.3 Å². The van der Waals surface area contributed by atoms with Crippen molar-refractivity contribution in [2.45, 2.75) is 39.9 Å². The Balaban J connectivity index is 2.89. The van der Waals surface area contributed by atoms with Crippen LogP contribution < -0.4 is 0 Å². The van der Waals surface area contributed by atoms with Crippen LogP contribution in [0.15, 0.2) is 0 Å². The number of alkyl halides is 3. The zero-order valence-corrected chi connectivity index (χ0v) is 11.3. The Labute approximate surface area is 109 Å². The lowest BCUT2D eigenvalue weighted by Crippen LogP contribution is -2.44. The van der Waals surface area contributed by atoms with Crippen molar-refractivity contribution in [3.8, 4) is 0 Å². The van der Waals surface area contributed by atoms with Gasteiger partial charge in [0.1, 0.15) is 6.54 Å². The van der Waals surface area contributed by atoms with E-state index in [0.29, 0.717) is 4.90 Å². The van der Waals surface area contributed by atoms with Crippen LogP contribution in [0.5, 0.6) is 0 Å². The van der Waals surface area contributed by atoms with Crippen LogP contribution in [0.4, 0.5) is 13.2 Å². The van der Waals surface area contributed by atoms with Crippen molar-refractivity contribution in [3.63, 3.8) is 0 Å². The molecule has 0 aromatic rings. The number of carbonyl (C=O) groups is 2. The molecule has 0 heterocycles. The summed E-state index contributed by atoms with van der Waals surface area (Å²) in [6.45, 7) is 4.78. The summed E-state index contributed by atoms with van der Waals surface area (Å²) >= 11 is 0. The van der Waals surface area contributed by atoms with Crippen LogP contribution in [0, 0.1) is 17.3 Å². The third kappa shape index (κ3) is 3.19. The number of hydrogen-bond acceptors (Lipinski definition) is 2. The molecule has 0 radical (unpaired) electrons. The third-order valence-electron chi connectivity index (χ3n) is 3.62. The number of nitrogens with zero attached hydrogens (tertiary/aromatic N) is 1. The highest BCUT2D eigenvalue weighted by atomic mass is 19.4. The minimum absolute atomic E-state index is 0.625. The van der Waals surface area contributed by atoms with Gasteiger partial charge in [-0.15, -0.1) is 0 Å². The van der Waals surface area contributed by atoms with E-state index in [2.05, 4.69) is 0 Å². The Kier molecular flexibility index (Phi) is 3.89. The molecule has 1 aliphatic rings. The van der Waals surface area contributed by atoms with Gasteiger partial charge in [0.05, 0.1) is 11.8 Å². The number of rotatable bonds is 4. The predicted molar refractivity (Wildman–Crippen MR) is 61.3 cm³/mol. The molecule has 0 spiro atoms. The van der Waals surface area contributed by atoms with Gasteiger partial charge in [0.25, 0.3) is 0 Å². The van der Waals surface area contributed by atoms with Gasteiger partial charge in [0, 0.05) is 6.04 Å². The van der Waals surface area contributed by atoms with Gasteiger partial charge in [-0.25, -0.2) is 0 Å². The maximum atomic E-state index is 12.4. The van der Waals surface area contributed by atoms with E-state index in [1.54, 1.807) is 13.8 Å². The molecule has 0 aromatic carbocycles. The number of carboxylic acids is 1. The molecule has 1 amide bonds. The monoisotopic (exact) mass is 281 g/mol. The zero-order chi connectivity index (χ0) is 15.2. The average Bonchev–Trinajstić information content (AvgIpc) is 2.75. The fraction of sp³-hybridized carbons (Fsp3) is 0.833. The second kappa shape index (κ2) is 4.68. The molecule has 0 aromatic heterocycles. The highest BCUT2D eigenvalue weighted by molar-refractivity contribution is 5.91. The molecule has 1 saturated carbocycles. The lowest BCUT2D eigenvalue weighted by molar-refractivity contribution is -0.166. The Morgan fingerprint density at radius 1 is 1.26 bits per heavy atom. The molecule has 2 atom stereocenters. The summed E-state index contributed by atoms with van der Waals surface area (Å²) in [4.78, 5) is 23.8. The van der Waals surface area contributed by atoms with Gasteiger partial charge in [0.15, 0.2) is 0 Å². The Hall–Kier alpha value is -1.27. The SMILES string of the molecule is CC(C)N(CC(F)(F)F)C(=O)C1C(C(=O)O)C1(C)C. The van der Waals surface area contributed by atoms with E-state index >= 15 is 0 Å². The number of carboxylic acid groups (broad SMARTS) is 1. The molecule has 0 bridgehead atoms. The van der Waals surface area contributed by atoms with E-state index in [1.807, 2.05) is 0 Å². The minimum Gasteiger partial charge on any atom is -0.481 e. The first-order chi connectivity index (χ1) is 8.39. The van der Waals surface area contributed by atoms with E-state index < -0.39 is 47.9 Å². The molecule has 0 saturated heterocycles. The van der Waals surface area contributed by atoms with Crippen molar-refractivity contribution >= 4 is 11.9 Å². The van der Waals surface area contributed by atoms with Crippen LogP contribution in [0.25, 0.3) is 0 Å². The summed E-state index contributed by atoms with van der Waals surface area (Å²) in [7, 11) is 0. The van der Waals surface area contributed by atoms with Crippen LogP contribution in [0.2, 0.25) is 0 Å². The van der Waals surface area contributed by atoms with Gasteiger partial charge >= 0.3 is 12.1 Å². The quantitative estimate of drug-likeness (QED) is 0.859. The lowest BCUT2D eigenvalue weighted by atomic mass is 10.1. The molecule has 1 fully saturated rings. The summed E-state index contributed by atoms with van der Waals surface area (Å²) in [5.74, 6) is -3.66. The van der Waals surface area contributed by atoms with Gasteiger partial charge in [-0.2, -0.15) is 13.2 Å². The summed E-state index contributed by atoms with van der Waals surface area (Å²) < 4.78 is 37.3. The molecular weight excluding hydrogens is 263 g/mol. The van der Waals surface area contributed by atoms with E-state index in [1.165, 1.54) is 13.8 Å². The molecule has 2 unspecified atom stereocenters. The van der Waals surface area contributed by atoms with Gasteiger partial charge in [-0.3, -0.25) is 9.59 Å². The van der Waals surface area contributed by atoms with Crippen molar-refractivity contribution in [1.29, 1.82) is 0 Å². The number of hydrogen-bond donors (Lipinski definition) is 1. The van der Waals surface area contributed by atoms with Crippen LogP contribution in [0.1, 0.15) is 27.7 Å². The third-order valence-corrected chi connectivity index (χ3v) is 3.62. The second-order valence-electron chi connectivity index (χ2n) is 5.79. The van der Waals surface area contributed by atoms with Crippen molar-refractivity contribution in [2.24, 2.45) is 17.3 Å². The van der Waals surface area contributed by atoms with E-state index in [-0.39, 0.29) is 0 Å². The number of carbonyl (C=O) groups excluding carboxylic acids is 1. The summed E-state index contributed by atoms with van der Waals surface area (Å²) in [5.41, 5.74) is -0.790. The van der Waals surface area contributed by atoms with Gasteiger partial charge < -0.3 is 10.0 Å². The summed E-state index contributed by atoms with van der Waals surface area (Å²) in [6.07, 6.45) is -4.49. The molecule has 0 aliphatic heterocycles. The number of halogens is 3. The lowest BCUT2D eigenvalue weighted by Gasteiger charge is -2.28.